The zero-order valence-electron chi connectivity index (χ0n) is 15.8. The molecule has 0 bridgehead atoms. The number of nitrogens with zero attached hydrogens (tertiary/aromatic N) is 2. The lowest BCUT2D eigenvalue weighted by atomic mass is 10.0. The van der Waals surface area contributed by atoms with Crippen molar-refractivity contribution in [1.29, 1.82) is 0 Å². The Labute approximate surface area is 169 Å². The van der Waals surface area contributed by atoms with Gasteiger partial charge in [-0.2, -0.15) is 0 Å². The van der Waals surface area contributed by atoms with E-state index in [9.17, 15) is 9.59 Å². The van der Waals surface area contributed by atoms with Crippen molar-refractivity contribution in [3.8, 4) is 0 Å². The molecule has 2 aliphatic rings. The Morgan fingerprint density at radius 1 is 1.00 bits per heavy atom. The van der Waals surface area contributed by atoms with Gasteiger partial charge >= 0.3 is 0 Å². The molecule has 148 valence electrons. The fourth-order valence-corrected chi connectivity index (χ4v) is 4.42. The van der Waals surface area contributed by atoms with Crippen LogP contribution in [0.15, 0.2) is 41.8 Å². The molecular weight excluding hydrogens is 374 g/mol. The first-order valence-corrected chi connectivity index (χ1v) is 10.7. The Morgan fingerprint density at radius 2 is 1.75 bits per heavy atom. The molecule has 2 fully saturated rings. The smallest absolute Gasteiger partial charge is 0.261 e. The second-order valence-electron chi connectivity index (χ2n) is 7.13. The summed E-state index contributed by atoms with van der Waals surface area (Å²) in [4.78, 5) is 30.2. The highest BCUT2D eigenvalue weighted by Gasteiger charge is 2.26. The molecule has 0 atom stereocenters. The summed E-state index contributed by atoms with van der Waals surface area (Å²) < 4.78 is 5.36. The number of carbonyl (C=O) groups excluding carboxylic acids is 2. The number of morpholine rings is 1. The van der Waals surface area contributed by atoms with Gasteiger partial charge < -0.3 is 19.9 Å². The Hall–Kier alpha value is -2.38. The number of piperidine rings is 1. The molecule has 2 aromatic rings. The number of para-hydroxylation sites is 1. The molecule has 3 heterocycles. The monoisotopic (exact) mass is 399 g/mol. The van der Waals surface area contributed by atoms with Gasteiger partial charge in [0.05, 0.1) is 23.7 Å². The van der Waals surface area contributed by atoms with Crippen LogP contribution in [0.5, 0.6) is 0 Å². The highest BCUT2D eigenvalue weighted by Crippen LogP contribution is 2.26. The molecule has 0 saturated carbocycles. The lowest BCUT2D eigenvalue weighted by molar-refractivity contribution is 0.0303. The average molecular weight is 400 g/mol. The summed E-state index contributed by atoms with van der Waals surface area (Å²) in [6, 6.07) is 11.8. The van der Waals surface area contributed by atoms with E-state index in [-0.39, 0.29) is 17.9 Å². The topological polar surface area (TPSA) is 61.9 Å². The van der Waals surface area contributed by atoms with Gasteiger partial charge in [0, 0.05) is 37.9 Å². The second-order valence-corrected chi connectivity index (χ2v) is 8.08. The summed E-state index contributed by atoms with van der Waals surface area (Å²) in [7, 11) is 0. The Bertz CT molecular complexity index is 810. The lowest BCUT2D eigenvalue weighted by Crippen LogP contribution is -2.45. The first-order chi connectivity index (χ1) is 13.7. The molecule has 2 amide bonds. The van der Waals surface area contributed by atoms with Gasteiger partial charge in [-0.25, -0.2) is 0 Å². The molecule has 7 heteroatoms. The number of amides is 2. The molecule has 0 radical (unpaired) electrons. The van der Waals surface area contributed by atoms with Crippen molar-refractivity contribution in [1.82, 2.24) is 10.2 Å². The molecule has 1 aromatic carbocycles. The third-order valence-corrected chi connectivity index (χ3v) is 6.22. The van der Waals surface area contributed by atoms with Gasteiger partial charge in [0.1, 0.15) is 0 Å². The Kier molecular flexibility index (Phi) is 5.92. The average Bonchev–Trinajstić information content (AvgIpc) is 3.30. The minimum absolute atomic E-state index is 0.0105. The SMILES string of the molecule is O=C(NC1CCN(c2ccccc2C(=O)N2CCOCC2)CC1)c1cccs1. The number of ether oxygens (including phenoxy) is 1. The van der Waals surface area contributed by atoms with E-state index in [1.54, 1.807) is 0 Å². The van der Waals surface area contributed by atoms with E-state index >= 15 is 0 Å². The largest absolute Gasteiger partial charge is 0.378 e. The Morgan fingerprint density at radius 3 is 2.46 bits per heavy atom. The van der Waals surface area contributed by atoms with Gasteiger partial charge in [-0.3, -0.25) is 9.59 Å². The first kappa shape index (κ1) is 19.0. The van der Waals surface area contributed by atoms with E-state index in [2.05, 4.69) is 10.2 Å². The molecule has 0 spiro atoms. The van der Waals surface area contributed by atoms with Crippen molar-refractivity contribution in [2.75, 3.05) is 44.3 Å². The van der Waals surface area contributed by atoms with Crippen LogP contribution in [0.4, 0.5) is 5.69 Å². The molecule has 2 aliphatic heterocycles. The normalized spacial score (nSPS) is 18.1. The van der Waals surface area contributed by atoms with Crippen LogP contribution in [0.2, 0.25) is 0 Å². The van der Waals surface area contributed by atoms with Gasteiger partial charge in [0.2, 0.25) is 0 Å². The van der Waals surface area contributed by atoms with E-state index in [0.717, 1.165) is 42.1 Å². The summed E-state index contributed by atoms with van der Waals surface area (Å²) in [5, 5.41) is 5.05. The number of nitrogens with one attached hydrogen (secondary N) is 1. The Balaban J connectivity index is 1.39. The summed E-state index contributed by atoms with van der Waals surface area (Å²) in [5.74, 6) is 0.0865. The zero-order valence-corrected chi connectivity index (χ0v) is 16.6. The number of rotatable bonds is 4. The maximum Gasteiger partial charge on any atom is 0.261 e. The third kappa shape index (κ3) is 4.20. The highest BCUT2D eigenvalue weighted by atomic mass is 32.1. The molecule has 0 aliphatic carbocycles. The van der Waals surface area contributed by atoms with Crippen LogP contribution < -0.4 is 10.2 Å². The minimum Gasteiger partial charge on any atom is -0.378 e. The zero-order chi connectivity index (χ0) is 19.3. The lowest BCUT2D eigenvalue weighted by Gasteiger charge is -2.35. The minimum atomic E-state index is 0.0105. The molecule has 0 unspecified atom stereocenters. The van der Waals surface area contributed by atoms with Crippen molar-refractivity contribution >= 4 is 28.8 Å². The van der Waals surface area contributed by atoms with Crippen molar-refractivity contribution in [3.63, 3.8) is 0 Å². The van der Waals surface area contributed by atoms with E-state index in [4.69, 9.17) is 4.74 Å². The van der Waals surface area contributed by atoms with E-state index in [0.29, 0.717) is 26.3 Å². The summed E-state index contributed by atoms with van der Waals surface area (Å²) in [6.45, 7) is 4.13. The van der Waals surface area contributed by atoms with Crippen LogP contribution in [-0.2, 0) is 4.74 Å². The fourth-order valence-electron chi connectivity index (χ4n) is 3.80. The van der Waals surface area contributed by atoms with Crippen LogP contribution in [0.25, 0.3) is 0 Å². The van der Waals surface area contributed by atoms with Gasteiger partial charge in [0.25, 0.3) is 11.8 Å². The number of anilines is 1. The molecule has 28 heavy (non-hydrogen) atoms. The van der Waals surface area contributed by atoms with Crippen molar-refractivity contribution in [3.05, 3.63) is 52.2 Å². The summed E-state index contributed by atoms with van der Waals surface area (Å²) >= 11 is 1.46. The van der Waals surface area contributed by atoms with Crippen molar-refractivity contribution in [2.24, 2.45) is 0 Å². The van der Waals surface area contributed by atoms with Crippen molar-refractivity contribution < 1.29 is 14.3 Å². The molecule has 4 rings (SSSR count). The van der Waals surface area contributed by atoms with Crippen LogP contribution in [0, 0.1) is 0 Å². The maximum absolute atomic E-state index is 13.0. The van der Waals surface area contributed by atoms with Crippen molar-refractivity contribution in [2.45, 2.75) is 18.9 Å². The molecule has 1 N–H and O–H groups in total. The van der Waals surface area contributed by atoms with Crippen LogP contribution >= 0.6 is 11.3 Å². The molecule has 2 saturated heterocycles. The van der Waals surface area contributed by atoms with Gasteiger partial charge in [-0.05, 0) is 36.4 Å². The first-order valence-electron chi connectivity index (χ1n) is 9.78. The predicted octanol–water partition coefficient (Wildman–Crippen LogP) is 2.62. The quantitative estimate of drug-likeness (QED) is 0.859. The number of thiophene rings is 1. The maximum atomic E-state index is 13.0. The van der Waals surface area contributed by atoms with Gasteiger partial charge in [0.15, 0.2) is 0 Å². The third-order valence-electron chi connectivity index (χ3n) is 5.35. The molecular formula is C21H25N3O3S. The van der Waals surface area contributed by atoms with Gasteiger partial charge in [-0.15, -0.1) is 11.3 Å². The number of hydrogen-bond acceptors (Lipinski definition) is 5. The van der Waals surface area contributed by atoms with Crippen LogP contribution in [-0.4, -0.2) is 62.1 Å². The van der Waals surface area contributed by atoms with Crippen LogP contribution in [0.3, 0.4) is 0 Å². The van der Waals surface area contributed by atoms with E-state index < -0.39 is 0 Å². The summed E-state index contributed by atoms with van der Waals surface area (Å²) in [6.07, 6.45) is 1.74. The second kappa shape index (κ2) is 8.75. The fraction of sp³-hybridized carbons (Fsp3) is 0.429. The van der Waals surface area contributed by atoms with E-state index in [1.807, 2.05) is 46.7 Å². The van der Waals surface area contributed by atoms with Crippen LogP contribution in [0.1, 0.15) is 32.9 Å². The summed E-state index contributed by atoms with van der Waals surface area (Å²) in [5.41, 5.74) is 1.74. The predicted molar refractivity (Wildman–Crippen MR) is 110 cm³/mol. The number of benzene rings is 1. The van der Waals surface area contributed by atoms with Gasteiger partial charge in [-0.1, -0.05) is 18.2 Å². The number of hydrogen-bond donors (Lipinski definition) is 1. The molecule has 6 nitrogen and oxygen atoms in total. The highest BCUT2D eigenvalue weighted by molar-refractivity contribution is 7.12. The number of carbonyl (C=O) groups is 2. The molecule has 1 aromatic heterocycles. The standard InChI is InChI=1S/C21H25N3O3S/c25-20(19-6-3-15-28-19)22-16-7-9-23(10-8-16)18-5-2-1-4-17(18)21(26)24-11-13-27-14-12-24/h1-6,15-16H,7-14H2,(H,22,25). The van der Waals surface area contributed by atoms with E-state index in [1.165, 1.54) is 11.3 Å².